The molecule has 5 rings (SSSR count). The molecule has 0 bridgehead atoms. The van der Waals surface area contributed by atoms with Crippen molar-refractivity contribution in [2.75, 3.05) is 11.9 Å². The minimum atomic E-state index is -0.428. The molecule has 174 valence electrons. The molecule has 0 aliphatic heterocycles. The van der Waals surface area contributed by atoms with Gasteiger partial charge in [0.1, 0.15) is 17.5 Å². The lowest BCUT2D eigenvalue weighted by Crippen LogP contribution is -2.70. The number of aromatic nitrogens is 1. The van der Waals surface area contributed by atoms with Crippen LogP contribution in [0.25, 0.3) is 22.2 Å². The molecule has 2 aromatic carbocycles. The van der Waals surface area contributed by atoms with Crippen LogP contribution in [-0.4, -0.2) is 23.4 Å². The molecule has 2 fully saturated rings. The fourth-order valence-electron chi connectivity index (χ4n) is 4.70. The third-order valence-electron chi connectivity index (χ3n) is 6.87. The van der Waals surface area contributed by atoms with Crippen LogP contribution < -0.4 is 15.5 Å². The van der Waals surface area contributed by atoms with Crippen molar-refractivity contribution in [3.63, 3.8) is 0 Å². The summed E-state index contributed by atoms with van der Waals surface area (Å²) in [5.41, 5.74) is 5.22. The number of quaternary nitrogens is 1. The molecule has 0 saturated heterocycles. The molecule has 7 nitrogen and oxygen atoms in total. The van der Waals surface area contributed by atoms with Gasteiger partial charge in [-0.05, 0) is 76.1 Å². The van der Waals surface area contributed by atoms with Crippen molar-refractivity contribution in [3.05, 3.63) is 47.7 Å². The van der Waals surface area contributed by atoms with Gasteiger partial charge in [0.05, 0.1) is 17.5 Å². The molecule has 1 atom stereocenters. The second kappa shape index (κ2) is 9.08. The number of carbonyl (C=O) groups excluding carboxylic acids is 1. The number of fused-ring (bicyclic) bond motifs is 1. The Kier molecular flexibility index (Phi) is 6.00. The van der Waals surface area contributed by atoms with E-state index < -0.39 is 6.09 Å². The highest BCUT2D eigenvalue weighted by atomic mass is 16.6. The maximum Gasteiger partial charge on any atom is 0.411 e. The number of nitrogens with zero attached hydrogens (tertiary/aromatic N) is 1. The summed E-state index contributed by atoms with van der Waals surface area (Å²) in [7, 11) is 0. The number of anilines is 1. The number of hydrogen-bond donors (Lipinski definition) is 2. The summed E-state index contributed by atoms with van der Waals surface area (Å²) in [5, 5.41) is 16.0. The standard InChI is InChI=1S/C26H31N3O4/c1-3-32-21-13-14-22-23(15-21)29(20-5-4-6-20)25(24(22)28-31)18-9-11-19(12-10-18)27-26(30)33-16(2)17-7-8-17/h9-17,20H,3-8,28H2,1-2H3,(H,27,30). The number of ether oxygens (including phenoxy) is 2. The third kappa shape index (κ3) is 4.30. The lowest BCUT2D eigenvalue weighted by molar-refractivity contribution is -0.494. The Morgan fingerprint density at radius 1 is 1.18 bits per heavy atom. The number of benzene rings is 2. The molecule has 7 heteroatoms. The van der Waals surface area contributed by atoms with Gasteiger partial charge in [0.15, 0.2) is 5.69 Å². The van der Waals surface area contributed by atoms with E-state index in [2.05, 4.69) is 9.88 Å². The molecule has 3 aromatic rings. The van der Waals surface area contributed by atoms with Gasteiger partial charge in [-0.25, -0.2) is 4.79 Å². The number of carbonyl (C=O) groups is 1. The second-order valence-electron chi connectivity index (χ2n) is 9.10. The molecule has 2 saturated carbocycles. The van der Waals surface area contributed by atoms with Crippen LogP contribution in [0, 0.1) is 11.1 Å². The van der Waals surface area contributed by atoms with Gasteiger partial charge in [-0.3, -0.25) is 5.32 Å². The molecule has 0 radical (unpaired) electrons. The average molecular weight is 450 g/mol. The van der Waals surface area contributed by atoms with Crippen LogP contribution in [0.1, 0.15) is 52.0 Å². The first-order chi connectivity index (χ1) is 16.1. The van der Waals surface area contributed by atoms with Crippen LogP contribution in [-0.2, 0) is 4.74 Å². The first kappa shape index (κ1) is 21.8. The van der Waals surface area contributed by atoms with Gasteiger partial charge in [-0.1, -0.05) is 12.1 Å². The molecule has 1 aromatic heterocycles. The molecule has 0 spiro atoms. The molecule has 1 unspecified atom stereocenters. The summed E-state index contributed by atoms with van der Waals surface area (Å²) in [5.74, 6) is 1.31. The van der Waals surface area contributed by atoms with Crippen LogP contribution in [0.4, 0.5) is 16.2 Å². The van der Waals surface area contributed by atoms with E-state index in [1.807, 2.05) is 56.3 Å². The average Bonchev–Trinajstić information content (AvgIpc) is 3.57. The molecule has 1 amide bonds. The molecule has 3 N–H and O–H groups in total. The van der Waals surface area contributed by atoms with Crippen molar-refractivity contribution in [2.45, 2.75) is 58.1 Å². The molecule has 33 heavy (non-hydrogen) atoms. The Bertz CT molecular complexity index is 1150. The summed E-state index contributed by atoms with van der Waals surface area (Å²) >= 11 is 0. The van der Waals surface area contributed by atoms with E-state index in [-0.39, 0.29) is 6.10 Å². The number of nitrogens with two attached hydrogens (primary N) is 1. The minimum Gasteiger partial charge on any atom is -0.630 e. The van der Waals surface area contributed by atoms with Gasteiger partial charge in [0.2, 0.25) is 0 Å². The quantitative estimate of drug-likeness (QED) is 0.446. The normalized spacial score (nSPS) is 16.9. The summed E-state index contributed by atoms with van der Waals surface area (Å²) in [6, 6.07) is 14.0. The van der Waals surface area contributed by atoms with Crippen molar-refractivity contribution in [1.29, 1.82) is 0 Å². The third-order valence-corrected chi connectivity index (χ3v) is 6.87. The maximum absolute atomic E-state index is 12.2. The van der Waals surface area contributed by atoms with E-state index in [0.29, 0.717) is 29.9 Å². The fourth-order valence-corrected chi connectivity index (χ4v) is 4.70. The lowest BCUT2D eigenvalue weighted by atomic mass is 9.92. The Hall–Kier alpha value is -3.03. The summed E-state index contributed by atoms with van der Waals surface area (Å²) in [6.07, 6.45) is 5.15. The van der Waals surface area contributed by atoms with Gasteiger partial charge in [-0.2, -0.15) is 0 Å². The summed E-state index contributed by atoms with van der Waals surface area (Å²) < 4.78 is 13.5. The molecular formula is C26H31N3O4. The topological polar surface area (TPSA) is 92.2 Å². The zero-order valence-electron chi connectivity index (χ0n) is 19.2. The SMILES string of the molecule is CCOc1ccc2c([NH2+][O-])c(-c3ccc(NC(=O)OC(C)C4CC4)cc3)n(C3CCC3)c2c1. The summed E-state index contributed by atoms with van der Waals surface area (Å²) in [4.78, 5) is 12.2. The first-order valence-electron chi connectivity index (χ1n) is 11.9. The maximum atomic E-state index is 12.2. The van der Waals surface area contributed by atoms with E-state index in [1.165, 1.54) is 6.42 Å². The highest BCUT2D eigenvalue weighted by Gasteiger charge is 2.31. The van der Waals surface area contributed by atoms with Gasteiger partial charge >= 0.3 is 6.09 Å². The minimum absolute atomic E-state index is 0.0563. The predicted molar refractivity (Wildman–Crippen MR) is 129 cm³/mol. The first-order valence-corrected chi connectivity index (χ1v) is 11.9. The second-order valence-corrected chi connectivity index (χ2v) is 9.10. The van der Waals surface area contributed by atoms with Crippen molar-refractivity contribution >= 4 is 28.4 Å². The van der Waals surface area contributed by atoms with Gasteiger partial charge in [0, 0.05) is 23.4 Å². The Morgan fingerprint density at radius 3 is 2.55 bits per heavy atom. The zero-order chi connectivity index (χ0) is 22.9. The number of rotatable bonds is 8. The van der Waals surface area contributed by atoms with Crippen molar-refractivity contribution in [2.24, 2.45) is 5.92 Å². The van der Waals surface area contributed by atoms with E-state index in [1.54, 1.807) is 0 Å². The predicted octanol–water partition coefficient (Wildman–Crippen LogP) is 5.47. The Balaban J connectivity index is 1.47. The van der Waals surface area contributed by atoms with E-state index in [9.17, 15) is 10.0 Å². The Morgan fingerprint density at radius 2 is 1.94 bits per heavy atom. The summed E-state index contributed by atoms with van der Waals surface area (Å²) in [6.45, 7) is 4.51. The van der Waals surface area contributed by atoms with Crippen LogP contribution in [0.2, 0.25) is 0 Å². The number of amides is 1. The van der Waals surface area contributed by atoms with Gasteiger partial charge in [0.25, 0.3) is 0 Å². The van der Waals surface area contributed by atoms with Crippen molar-refractivity contribution < 1.29 is 19.7 Å². The molecular weight excluding hydrogens is 418 g/mol. The number of nitrogens with one attached hydrogen (secondary N) is 1. The van der Waals surface area contributed by atoms with Gasteiger partial charge in [-0.15, -0.1) is 0 Å². The van der Waals surface area contributed by atoms with E-state index in [0.717, 1.165) is 59.1 Å². The van der Waals surface area contributed by atoms with Crippen LogP contribution in [0.5, 0.6) is 5.75 Å². The monoisotopic (exact) mass is 449 g/mol. The zero-order valence-corrected chi connectivity index (χ0v) is 19.2. The van der Waals surface area contributed by atoms with Crippen molar-refractivity contribution in [1.82, 2.24) is 4.57 Å². The molecule has 2 aliphatic carbocycles. The molecule has 2 aliphatic rings. The van der Waals surface area contributed by atoms with Crippen LogP contribution in [0.3, 0.4) is 0 Å². The van der Waals surface area contributed by atoms with Crippen LogP contribution in [0.15, 0.2) is 42.5 Å². The van der Waals surface area contributed by atoms with Crippen molar-refractivity contribution in [3.8, 4) is 17.0 Å². The van der Waals surface area contributed by atoms with Crippen LogP contribution >= 0.6 is 0 Å². The highest BCUT2D eigenvalue weighted by Crippen LogP contribution is 2.44. The lowest BCUT2D eigenvalue weighted by Gasteiger charge is -2.30. The Labute approximate surface area is 193 Å². The smallest absolute Gasteiger partial charge is 0.411 e. The number of hydrogen-bond acceptors (Lipinski definition) is 4. The van der Waals surface area contributed by atoms with E-state index in [4.69, 9.17) is 9.47 Å². The molecule has 1 heterocycles. The fraction of sp³-hybridized carbons (Fsp3) is 0.423. The highest BCUT2D eigenvalue weighted by molar-refractivity contribution is 5.99. The van der Waals surface area contributed by atoms with Gasteiger partial charge < -0.3 is 24.7 Å². The largest absolute Gasteiger partial charge is 0.630 e. The van der Waals surface area contributed by atoms with E-state index >= 15 is 0 Å².